The van der Waals surface area contributed by atoms with Crippen LogP contribution >= 0.6 is 0 Å². The monoisotopic (exact) mass is 233 g/mol. The van der Waals surface area contributed by atoms with Crippen LogP contribution in [0.2, 0.25) is 0 Å². The van der Waals surface area contributed by atoms with Gasteiger partial charge in [0.2, 0.25) is 5.91 Å². The molecule has 0 saturated heterocycles. The molecular formula is C14H19NO2. The normalized spacial score (nSPS) is 11.9. The average Bonchev–Trinajstić information content (AvgIpc) is 2.28. The summed E-state index contributed by atoms with van der Waals surface area (Å²) in [5, 5.41) is 2.67. The lowest BCUT2D eigenvalue weighted by Crippen LogP contribution is -2.37. The highest BCUT2D eigenvalue weighted by atomic mass is 16.2. The molecule has 3 heteroatoms. The molecule has 0 bridgehead atoms. The molecule has 1 unspecified atom stereocenters. The van der Waals surface area contributed by atoms with Crippen molar-refractivity contribution in [3.8, 4) is 0 Å². The Morgan fingerprint density at radius 1 is 1.24 bits per heavy atom. The molecule has 1 rings (SSSR count). The summed E-state index contributed by atoms with van der Waals surface area (Å²) in [5.41, 5.74) is 2.35. The first kappa shape index (κ1) is 13.4. The lowest BCUT2D eigenvalue weighted by Gasteiger charge is -2.10. The Hall–Kier alpha value is -1.64. The predicted molar refractivity (Wildman–Crippen MR) is 67.8 cm³/mol. The minimum Gasteiger partial charge on any atom is -0.347 e. The number of hydrogen-bond donors (Lipinski definition) is 1. The van der Waals surface area contributed by atoms with Gasteiger partial charge in [-0.2, -0.15) is 0 Å². The molecule has 1 aromatic carbocycles. The van der Waals surface area contributed by atoms with Crippen LogP contribution in [0.1, 0.15) is 31.4 Å². The molecule has 3 nitrogen and oxygen atoms in total. The van der Waals surface area contributed by atoms with Crippen LogP contribution < -0.4 is 5.32 Å². The number of carbonyl (C=O) groups excluding carboxylic acids is 2. The Kier molecular flexibility index (Phi) is 4.88. The second-order valence-electron chi connectivity index (χ2n) is 4.39. The average molecular weight is 233 g/mol. The van der Waals surface area contributed by atoms with E-state index in [1.54, 1.807) is 6.92 Å². The fraction of sp³-hybridized carbons (Fsp3) is 0.429. The number of ketones is 1. The fourth-order valence-electron chi connectivity index (χ4n) is 1.43. The maximum absolute atomic E-state index is 11.5. The van der Waals surface area contributed by atoms with Crippen molar-refractivity contribution in [3.05, 3.63) is 35.4 Å². The molecule has 1 N–H and O–H groups in total. The number of aryl methyl sites for hydroxylation is 2. The number of carbonyl (C=O) groups is 2. The van der Waals surface area contributed by atoms with E-state index < -0.39 is 0 Å². The van der Waals surface area contributed by atoms with Gasteiger partial charge in [-0.15, -0.1) is 0 Å². The predicted octanol–water partition coefficient (Wildman–Crippen LogP) is 2.02. The number of nitrogens with one attached hydrogen (secondary N) is 1. The van der Waals surface area contributed by atoms with Crippen molar-refractivity contribution in [2.24, 2.45) is 0 Å². The van der Waals surface area contributed by atoms with E-state index in [2.05, 4.69) is 5.32 Å². The molecule has 0 heterocycles. The van der Waals surface area contributed by atoms with E-state index in [1.165, 1.54) is 12.5 Å². The van der Waals surface area contributed by atoms with Crippen LogP contribution in [0.15, 0.2) is 24.3 Å². The Labute approximate surface area is 102 Å². The summed E-state index contributed by atoms with van der Waals surface area (Å²) in [5.74, 6) is -0.0954. The molecule has 0 fully saturated rings. The molecule has 17 heavy (non-hydrogen) atoms. The minimum atomic E-state index is -0.388. The Balaban J connectivity index is 2.38. The molecule has 0 radical (unpaired) electrons. The highest BCUT2D eigenvalue weighted by Crippen LogP contribution is 2.05. The van der Waals surface area contributed by atoms with E-state index in [0.717, 1.165) is 5.56 Å². The second kappa shape index (κ2) is 6.18. The standard InChI is InChI=1S/C14H19NO2/c1-10-4-6-13(7-5-10)8-9-14(17)15-11(2)12(3)16/h4-7,11H,8-9H2,1-3H3,(H,15,17). The lowest BCUT2D eigenvalue weighted by atomic mass is 10.1. The third-order valence-electron chi connectivity index (χ3n) is 2.75. The van der Waals surface area contributed by atoms with Gasteiger partial charge in [-0.3, -0.25) is 9.59 Å². The highest BCUT2D eigenvalue weighted by Gasteiger charge is 2.10. The van der Waals surface area contributed by atoms with Gasteiger partial charge in [0.15, 0.2) is 5.78 Å². The van der Waals surface area contributed by atoms with Crippen molar-refractivity contribution in [1.82, 2.24) is 5.32 Å². The van der Waals surface area contributed by atoms with E-state index in [0.29, 0.717) is 12.8 Å². The number of Topliss-reactive ketones (excluding diaryl/α,β-unsaturated/α-hetero) is 1. The SMILES string of the molecule is CC(=O)C(C)NC(=O)CCc1ccc(C)cc1. The van der Waals surface area contributed by atoms with Crippen molar-refractivity contribution in [2.75, 3.05) is 0 Å². The topological polar surface area (TPSA) is 46.2 Å². The van der Waals surface area contributed by atoms with E-state index >= 15 is 0 Å². The van der Waals surface area contributed by atoms with Gasteiger partial charge in [0, 0.05) is 6.42 Å². The summed E-state index contributed by atoms with van der Waals surface area (Å²) in [6, 6.07) is 7.73. The van der Waals surface area contributed by atoms with Crippen molar-refractivity contribution in [1.29, 1.82) is 0 Å². The zero-order valence-electron chi connectivity index (χ0n) is 10.6. The van der Waals surface area contributed by atoms with Gasteiger partial charge in [-0.25, -0.2) is 0 Å². The van der Waals surface area contributed by atoms with Crippen LogP contribution in [-0.2, 0) is 16.0 Å². The van der Waals surface area contributed by atoms with Crippen LogP contribution in [0.5, 0.6) is 0 Å². The summed E-state index contributed by atoms with van der Waals surface area (Å²) in [6.07, 6.45) is 1.12. The maximum Gasteiger partial charge on any atom is 0.220 e. The van der Waals surface area contributed by atoms with Crippen LogP contribution in [0.3, 0.4) is 0 Å². The van der Waals surface area contributed by atoms with Crippen LogP contribution in [0, 0.1) is 6.92 Å². The highest BCUT2D eigenvalue weighted by molar-refractivity contribution is 5.87. The summed E-state index contributed by atoms with van der Waals surface area (Å²) in [6.45, 7) is 5.21. The van der Waals surface area contributed by atoms with Crippen molar-refractivity contribution >= 4 is 11.7 Å². The minimum absolute atomic E-state index is 0.0197. The Bertz CT molecular complexity index is 395. The van der Waals surface area contributed by atoms with Crippen LogP contribution in [0.4, 0.5) is 0 Å². The van der Waals surface area contributed by atoms with E-state index in [-0.39, 0.29) is 17.7 Å². The number of rotatable bonds is 5. The quantitative estimate of drug-likeness (QED) is 0.845. The molecule has 1 atom stereocenters. The zero-order chi connectivity index (χ0) is 12.8. The van der Waals surface area contributed by atoms with E-state index in [1.807, 2.05) is 31.2 Å². The van der Waals surface area contributed by atoms with Crippen molar-refractivity contribution in [2.45, 2.75) is 39.7 Å². The van der Waals surface area contributed by atoms with Gasteiger partial charge in [0.05, 0.1) is 6.04 Å². The molecule has 0 aromatic heterocycles. The maximum atomic E-state index is 11.5. The van der Waals surface area contributed by atoms with E-state index in [4.69, 9.17) is 0 Å². The number of benzene rings is 1. The fourth-order valence-corrected chi connectivity index (χ4v) is 1.43. The van der Waals surface area contributed by atoms with E-state index in [9.17, 15) is 9.59 Å². The largest absolute Gasteiger partial charge is 0.347 e. The zero-order valence-corrected chi connectivity index (χ0v) is 10.6. The first-order valence-electron chi connectivity index (χ1n) is 5.84. The van der Waals surface area contributed by atoms with Crippen LogP contribution in [0.25, 0.3) is 0 Å². The molecule has 0 aliphatic rings. The first-order chi connectivity index (χ1) is 7.99. The van der Waals surface area contributed by atoms with Gasteiger partial charge >= 0.3 is 0 Å². The van der Waals surface area contributed by atoms with Gasteiger partial charge < -0.3 is 5.32 Å². The number of amides is 1. The molecule has 0 aliphatic heterocycles. The Morgan fingerprint density at radius 3 is 2.35 bits per heavy atom. The van der Waals surface area contributed by atoms with Gasteiger partial charge in [-0.05, 0) is 32.8 Å². The Morgan fingerprint density at radius 2 is 1.82 bits per heavy atom. The second-order valence-corrected chi connectivity index (χ2v) is 4.39. The molecule has 0 aliphatic carbocycles. The summed E-state index contributed by atoms with van der Waals surface area (Å²) < 4.78 is 0. The van der Waals surface area contributed by atoms with Gasteiger partial charge in [0.1, 0.15) is 0 Å². The summed E-state index contributed by atoms with van der Waals surface area (Å²) in [7, 11) is 0. The van der Waals surface area contributed by atoms with Crippen LogP contribution in [-0.4, -0.2) is 17.7 Å². The molecule has 1 aromatic rings. The van der Waals surface area contributed by atoms with Crippen molar-refractivity contribution < 1.29 is 9.59 Å². The van der Waals surface area contributed by atoms with Gasteiger partial charge in [0.25, 0.3) is 0 Å². The van der Waals surface area contributed by atoms with Crippen molar-refractivity contribution in [3.63, 3.8) is 0 Å². The number of hydrogen-bond acceptors (Lipinski definition) is 2. The molecular weight excluding hydrogens is 214 g/mol. The molecule has 1 amide bonds. The third-order valence-corrected chi connectivity index (χ3v) is 2.75. The molecule has 0 saturated carbocycles. The summed E-state index contributed by atoms with van der Waals surface area (Å²) in [4.78, 5) is 22.5. The molecule has 92 valence electrons. The third kappa shape index (κ3) is 4.81. The van der Waals surface area contributed by atoms with Gasteiger partial charge in [-0.1, -0.05) is 29.8 Å². The molecule has 0 spiro atoms. The first-order valence-corrected chi connectivity index (χ1v) is 5.84. The lowest BCUT2D eigenvalue weighted by molar-refractivity contribution is -0.126. The summed E-state index contributed by atoms with van der Waals surface area (Å²) >= 11 is 0. The smallest absolute Gasteiger partial charge is 0.220 e.